The Morgan fingerprint density at radius 3 is 3.00 bits per heavy atom. The Kier molecular flexibility index (Phi) is 2.40. The maximum Gasteiger partial charge on any atom is 0.272 e. The van der Waals surface area contributed by atoms with Gasteiger partial charge in [-0.2, -0.15) is 5.10 Å². The fourth-order valence-corrected chi connectivity index (χ4v) is 2.45. The maximum absolute atomic E-state index is 11.5. The van der Waals surface area contributed by atoms with Gasteiger partial charge < -0.3 is 5.11 Å². The van der Waals surface area contributed by atoms with Crippen molar-refractivity contribution in [3.63, 3.8) is 0 Å². The van der Waals surface area contributed by atoms with Crippen molar-refractivity contribution in [2.45, 2.75) is 19.3 Å². The molecule has 1 heterocycles. The topological polar surface area (TPSA) is 68.0 Å². The third kappa shape index (κ3) is 1.51. The molecule has 0 saturated carbocycles. The van der Waals surface area contributed by atoms with Gasteiger partial charge in [-0.3, -0.25) is 9.36 Å². The number of rotatable bonds is 1. The molecular formula is C13H13N3O2. The SMILES string of the molecule is Cn1c(-c2ccc3c(c2O)CCC3)nncc1=O. The van der Waals surface area contributed by atoms with Crippen LogP contribution in [0.3, 0.4) is 0 Å². The standard InChI is InChI=1S/C13H13N3O2/c1-16-11(17)7-14-15-13(16)10-6-5-8-3-2-4-9(8)12(10)18/h5-7,18H,2-4H2,1H3. The third-order valence-corrected chi connectivity index (χ3v) is 3.46. The Hall–Kier alpha value is -2.17. The Morgan fingerprint density at radius 1 is 1.33 bits per heavy atom. The highest BCUT2D eigenvalue weighted by Gasteiger charge is 2.20. The summed E-state index contributed by atoms with van der Waals surface area (Å²) in [6, 6.07) is 3.81. The van der Waals surface area contributed by atoms with E-state index in [2.05, 4.69) is 10.2 Å². The molecule has 1 aliphatic rings. The van der Waals surface area contributed by atoms with Crippen LogP contribution >= 0.6 is 0 Å². The first-order valence-corrected chi connectivity index (χ1v) is 5.91. The number of fused-ring (bicyclic) bond motifs is 1. The average molecular weight is 243 g/mol. The summed E-state index contributed by atoms with van der Waals surface area (Å²) < 4.78 is 1.39. The van der Waals surface area contributed by atoms with Gasteiger partial charge in [-0.15, -0.1) is 5.10 Å². The fraction of sp³-hybridized carbons (Fsp3) is 0.308. The van der Waals surface area contributed by atoms with Crippen LogP contribution in [0.15, 0.2) is 23.1 Å². The molecular weight excluding hydrogens is 230 g/mol. The van der Waals surface area contributed by atoms with Crippen molar-refractivity contribution >= 4 is 0 Å². The summed E-state index contributed by atoms with van der Waals surface area (Å²) >= 11 is 0. The molecule has 0 amide bonds. The lowest BCUT2D eigenvalue weighted by Gasteiger charge is -2.10. The number of hydrogen-bond donors (Lipinski definition) is 1. The predicted molar refractivity (Wildman–Crippen MR) is 66.4 cm³/mol. The van der Waals surface area contributed by atoms with Crippen molar-refractivity contribution in [2.24, 2.45) is 7.05 Å². The summed E-state index contributed by atoms with van der Waals surface area (Å²) in [6.45, 7) is 0. The number of aromatic nitrogens is 3. The lowest BCUT2D eigenvalue weighted by Crippen LogP contribution is -2.19. The lowest BCUT2D eigenvalue weighted by molar-refractivity contribution is 0.470. The van der Waals surface area contributed by atoms with E-state index in [1.54, 1.807) is 7.05 Å². The van der Waals surface area contributed by atoms with E-state index in [4.69, 9.17) is 0 Å². The first kappa shape index (κ1) is 11.0. The van der Waals surface area contributed by atoms with Crippen LogP contribution in [-0.2, 0) is 19.9 Å². The summed E-state index contributed by atoms with van der Waals surface area (Å²) in [5, 5.41) is 17.9. The summed E-state index contributed by atoms with van der Waals surface area (Å²) in [5.41, 5.74) is 2.50. The minimum Gasteiger partial charge on any atom is -0.507 e. The third-order valence-electron chi connectivity index (χ3n) is 3.46. The van der Waals surface area contributed by atoms with Gasteiger partial charge in [0, 0.05) is 7.05 Å². The number of aryl methyl sites for hydroxylation is 1. The second kappa shape index (κ2) is 3.94. The summed E-state index contributed by atoms with van der Waals surface area (Å²) in [4.78, 5) is 11.5. The van der Waals surface area contributed by atoms with Crippen LogP contribution in [0, 0.1) is 0 Å². The van der Waals surface area contributed by atoms with Crippen LogP contribution < -0.4 is 5.56 Å². The van der Waals surface area contributed by atoms with Crippen molar-refractivity contribution in [3.05, 3.63) is 39.8 Å². The van der Waals surface area contributed by atoms with E-state index < -0.39 is 0 Å². The molecule has 92 valence electrons. The van der Waals surface area contributed by atoms with Crippen LogP contribution in [-0.4, -0.2) is 19.9 Å². The molecule has 0 saturated heterocycles. The van der Waals surface area contributed by atoms with Crippen LogP contribution in [0.25, 0.3) is 11.4 Å². The van der Waals surface area contributed by atoms with E-state index in [9.17, 15) is 9.90 Å². The molecule has 2 aromatic rings. The molecule has 0 unspecified atom stereocenters. The molecule has 5 heteroatoms. The second-order valence-corrected chi connectivity index (χ2v) is 4.52. The zero-order chi connectivity index (χ0) is 12.7. The van der Waals surface area contributed by atoms with Crippen LogP contribution in [0.1, 0.15) is 17.5 Å². The van der Waals surface area contributed by atoms with E-state index >= 15 is 0 Å². The molecule has 0 spiro atoms. The highest BCUT2D eigenvalue weighted by molar-refractivity contribution is 5.68. The molecule has 1 N–H and O–H groups in total. The van der Waals surface area contributed by atoms with Gasteiger partial charge in [0.25, 0.3) is 5.56 Å². The van der Waals surface area contributed by atoms with Gasteiger partial charge in [0.05, 0.1) is 5.56 Å². The molecule has 0 bridgehead atoms. The maximum atomic E-state index is 11.5. The van der Waals surface area contributed by atoms with Crippen LogP contribution in [0.5, 0.6) is 5.75 Å². The molecule has 3 rings (SSSR count). The average Bonchev–Trinajstić information content (AvgIpc) is 2.83. The highest BCUT2D eigenvalue weighted by atomic mass is 16.3. The van der Waals surface area contributed by atoms with Crippen LogP contribution in [0.4, 0.5) is 0 Å². The van der Waals surface area contributed by atoms with Gasteiger partial charge in [0.1, 0.15) is 11.9 Å². The van der Waals surface area contributed by atoms with Crippen molar-refractivity contribution in [2.75, 3.05) is 0 Å². The van der Waals surface area contributed by atoms with Crippen molar-refractivity contribution < 1.29 is 5.11 Å². The number of aromatic hydroxyl groups is 1. The molecule has 1 aliphatic carbocycles. The molecule has 0 atom stereocenters. The normalized spacial score (nSPS) is 13.6. The molecule has 0 aliphatic heterocycles. The first-order valence-electron chi connectivity index (χ1n) is 5.91. The van der Waals surface area contributed by atoms with Gasteiger partial charge in [-0.05, 0) is 36.5 Å². The monoisotopic (exact) mass is 243 g/mol. The van der Waals surface area contributed by atoms with Crippen molar-refractivity contribution in [1.82, 2.24) is 14.8 Å². The molecule has 18 heavy (non-hydrogen) atoms. The Bertz CT molecular complexity index is 676. The number of nitrogens with zero attached hydrogens (tertiary/aromatic N) is 3. The van der Waals surface area contributed by atoms with Crippen molar-refractivity contribution in [3.8, 4) is 17.1 Å². The molecule has 0 radical (unpaired) electrons. The largest absolute Gasteiger partial charge is 0.507 e. The van der Waals surface area contributed by atoms with Gasteiger partial charge in [0.15, 0.2) is 5.82 Å². The Labute approximate surface area is 104 Å². The second-order valence-electron chi connectivity index (χ2n) is 4.52. The number of benzene rings is 1. The van der Waals surface area contributed by atoms with Gasteiger partial charge >= 0.3 is 0 Å². The number of phenols is 1. The number of hydrogen-bond acceptors (Lipinski definition) is 4. The zero-order valence-electron chi connectivity index (χ0n) is 10.1. The summed E-state index contributed by atoms with van der Waals surface area (Å²) in [7, 11) is 1.62. The minimum atomic E-state index is -0.236. The Balaban J connectivity index is 2.24. The molecule has 1 aromatic heterocycles. The van der Waals surface area contributed by atoms with Crippen molar-refractivity contribution in [1.29, 1.82) is 0 Å². The van der Waals surface area contributed by atoms with E-state index in [-0.39, 0.29) is 11.3 Å². The fourth-order valence-electron chi connectivity index (χ4n) is 2.45. The lowest BCUT2D eigenvalue weighted by atomic mass is 10.0. The predicted octanol–water partition coefficient (Wildman–Crippen LogP) is 1.04. The smallest absolute Gasteiger partial charge is 0.272 e. The van der Waals surface area contributed by atoms with E-state index in [0.29, 0.717) is 11.4 Å². The Morgan fingerprint density at radius 2 is 2.17 bits per heavy atom. The minimum absolute atomic E-state index is 0.236. The molecule has 5 nitrogen and oxygen atoms in total. The van der Waals surface area contributed by atoms with Crippen LogP contribution in [0.2, 0.25) is 0 Å². The quantitative estimate of drug-likeness (QED) is 0.812. The van der Waals surface area contributed by atoms with Gasteiger partial charge in [-0.25, -0.2) is 0 Å². The number of phenolic OH excluding ortho intramolecular Hbond substituents is 1. The van der Waals surface area contributed by atoms with Gasteiger partial charge in [-0.1, -0.05) is 6.07 Å². The van der Waals surface area contributed by atoms with Gasteiger partial charge in [0.2, 0.25) is 0 Å². The van der Waals surface area contributed by atoms with E-state index in [1.807, 2.05) is 12.1 Å². The summed E-state index contributed by atoms with van der Waals surface area (Å²) in [6.07, 6.45) is 4.10. The van der Waals surface area contributed by atoms with E-state index in [0.717, 1.165) is 31.0 Å². The highest BCUT2D eigenvalue weighted by Crippen LogP contribution is 2.36. The molecule has 1 aromatic carbocycles. The molecule has 0 fully saturated rings. The zero-order valence-corrected chi connectivity index (χ0v) is 10.1. The van der Waals surface area contributed by atoms with E-state index in [1.165, 1.54) is 10.1 Å². The first-order chi connectivity index (χ1) is 8.68. The summed E-state index contributed by atoms with van der Waals surface area (Å²) in [5.74, 6) is 0.634.